The number of halogens is 1. The van der Waals surface area contributed by atoms with E-state index < -0.39 is 18.4 Å². The number of hydrogen-bond donors (Lipinski definition) is 0. The first kappa shape index (κ1) is 19.1. The molecule has 0 saturated carbocycles. The molecule has 5 heteroatoms. The summed E-state index contributed by atoms with van der Waals surface area (Å²) in [5.41, 5.74) is 1.24. The maximum absolute atomic E-state index is 13.0. The van der Waals surface area contributed by atoms with Crippen LogP contribution in [-0.4, -0.2) is 61.7 Å². The van der Waals surface area contributed by atoms with Crippen LogP contribution in [0.1, 0.15) is 30.7 Å². The Morgan fingerprint density at radius 3 is 2.48 bits per heavy atom. The summed E-state index contributed by atoms with van der Waals surface area (Å²) in [4.78, 5) is 22.0. The average molecular weight is 454 g/mol. The van der Waals surface area contributed by atoms with E-state index in [2.05, 4.69) is 44.0 Å². The SMILES string of the molecule is COC(=O)[C@H]1C(c2cc[c]([Sn]([CH3])([CH3])[CH3])cc2)C[C@H]2CCC1N2CCF. The molecule has 2 aliphatic heterocycles. The van der Waals surface area contributed by atoms with Crippen molar-refractivity contribution in [2.24, 2.45) is 5.92 Å². The van der Waals surface area contributed by atoms with Gasteiger partial charge < -0.3 is 0 Å². The molecule has 2 aliphatic rings. The molecule has 2 fully saturated rings. The van der Waals surface area contributed by atoms with Gasteiger partial charge in [-0.1, -0.05) is 0 Å². The number of alkyl halides is 1. The first-order chi connectivity index (χ1) is 11.9. The number of rotatable bonds is 5. The second kappa shape index (κ2) is 7.55. The summed E-state index contributed by atoms with van der Waals surface area (Å²) in [6.07, 6.45) is 2.96. The quantitative estimate of drug-likeness (QED) is 0.506. The number of hydrogen-bond acceptors (Lipinski definition) is 3. The van der Waals surface area contributed by atoms with Gasteiger partial charge in [0.15, 0.2) is 0 Å². The van der Waals surface area contributed by atoms with Crippen LogP contribution in [0.5, 0.6) is 0 Å². The standard InChI is InChI=1S/C17H21FNO2.3CH3.Sn/c1-21-17(20)16-14(12-5-3-2-4-6-12)11-13-7-8-15(16)19(13)10-9-18;;;;/h3-6,13-16H,7-11H2,1H3;3*1H3;/t13-,14?,15?,16+;;;;/m1..../s1. The number of piperidine rings is 1. The van der Waals surface area contributed by atoms with Crippen molar-refractivity contribution in [3.05, 3.63) is 29.8 Å². The molecule has 4 atom stereocenters. The number of carbonyl (C=O) groups excluding carboxylic acids is 1. The van der Waals surface area contributed by atoms with Crippen molar-refractivity contribution in [2.75, 3.05) is 20.3 Å². The number of carbonyl (C=O) groups is 1. The van der Waals surface area contributed by atoms with Crippen LogP contribution < -0.4 is 3.58 Å². The van der Waals surface area contributed by atoms with Gasteiger partial charge in [-0.2, -0.15) is 0 Å². The molecular formula is C20H30FNO2Sn. The minimum absolute atomic E-state index is 0.119. The first-order valence-corrected chi connectivity index (χ1v) is 19.4. The molecule has 1 aromatic rings. The van der Waals surface area contributed by atoms with Crippen molar-refractivity contribution >= 4 is 27.9 Å². The Bertz CT molecular complexity index is 613. The summed E-state index contributed by atoms with van der Waals surface area (Å²) in [7, 11) is 1.47. The minimum atomic E-state index is -2.07. The number of nitrogens with zero attached hydrogens (tertiary/aromatic N) is 1. The van der Waals surface area contributed by atoms with Crippen molar-refractivity contribution in [3.8, 4) is 0 Å². The first-order valence-electron chi connectivity index (χ1n) is 9.36. The monoisotopic (exact) mass is 455 g/mol. The summed E-state index contributed by atoms with van der Waals surface area (Å²) >= 11 is -2.07. The van der Waals surface area contributed by atoms with Gasteiger partial charge in [0.25, 0.3) is 0 Å². The van der Waals surface area contributed by atoms with Crippen LogP contribution >= 0.6 is 0 Å². The van der Waals surface area contributed by atoms with Crippen molar-refractivity contribution < 1.29 is 13.9 Å². The molecule has 0 aliphatic carbocycles. The number of methoxy groups -OCH3 is 1. The Morgan fingerprint density at radius 1 is 1.24 bits per heavy atom. The van der Waals surface area contributed by atoms with E-state index in [-0.39, 0.29) is 30.5 Å². The zero-order chi connectivity index (χ0) is 18.2. The van der Waals surface area contributed by atoms with E-state index in [0.29, 0.717) is 12.6 Å². The van der Waals surface area contributed by atoms with Gasteiger partial charge in [0, 0.05) is 0 Å². The van der Waals surface area contributed by atoms with Gasteiger partial charge in [0.1, 0.15) is 0 Å². The number of fused-ring (bicyclic) bond motifs is 2. The number of esters is 1. The summed E-state index contributed by atoms with van der Waals surface area (Å²) < 4.78 is 19.6. The van der Waals surface area contributed by atoms with Crippen LogP contribution in [-0.2, 0) is 9.53 Å². The van der Waals surface area contributed by atoms with E-state index in [4.69, 9.17) is 4.74 Å². The van der Waals surface area contributed by atoms with Gasteiger partial charge >= 0.3 is 155 Å². The van der Waals surface area contributed by atoms with Crippen LogP contribution in [0.3, 0.4) is 0 Å². The molecule has 2 unspecified atom stereocenters. The molecule has 3 nitrogen and oxygen atoms in total. The topological polar surface area (TPSA) is 29.5 Å². The van der Waals surface area contributed by atoms with E-state index in [0.717, 1.165) is 19.3 Å². The second-order valence-corrected chi connectivity index (χ2v) is 23.0. The Kier molecular flexibility index (Phi) is 5.78. The summed E-state index contributed by atoms with van der Waals surface area (Å²) in [6.45, 7) is 0.0891. The van der Waals surface area contributed by atoms with Crippen LogP contribution in [0.25, 0.3) is 0 Å². The molecular weight excluding hydrogens is 424 g/mol. The van der Waals surface area contributed by atoms with Crippen molar-refractivity contribution in [1.29, 1.82) is 0 Å². The maximum atomic E-state index is 13.0. The average Bonchev–Trinajstić information content (AvgIpc) is 2.85. The molecule has 25 heavy (non-hydrogen) atoms. The third-order valence-corrected chi connectivity index (χ3v) is 12.0. The second-order valence-electron chi connectivity index (χ2n) is 8.49. The Balaban J connectivity index is 1.91. The predicted octanol–water partition coefficient (Wildman–Crippen LogP) is 3.31. The fraction of sp³-hybridized carbons (Fsp3) is 0.650. The predicted molar refractivity (Wildman–Crippen MR) is 102 cm³/mol. The molecule has 0 N–H and O–H groups in total. The third kappa shape index (κ3) is 3.75. The zero-order valence-electron chi connectivity index (χ0n) is 15.8. The fourth-order valence-corrected chi connectivity index (χ4v) is 8.12. The summed E-state index contributed by atoms with van der Waals surface area (Å²) in [6, 6.07) is 9.51. The van der Waals surface area contributed by atoms with Gasteiger partial charge in [-0.3, -0.25) is 0 Å². The van der Waals surface area contributed by atoms with E-state index in [1.165, 1.54) is 16.3 Å². The summed E-state index contributed by atoms with van der Waals surface area (Å²) in [5.74, 6) is -0.136. The third-order valence-electron chi connectivity index (χ3n) is 6.09. The Morgan fingerprint density at radius 2 is 1.92 bits per heavy atom. The van der Waals surface area contributed by atoms with E-state index in [1.807, 2.05) is 0 Å². The van der Waals surface area contributed by atoms with Crippen molar-refractivity contribution in [2.45, 2.75) is 52.1 Å². The van der Waals surface area contributed by atoms with Gasteiger partial charge in [0.05, 0.1) is 0 Å². The molecule has 0 amide bonds. The molecule has 138 valence electrons. The van der Waals surface area contributed by atoms with E-state index in [1.54, 1.807) is 0 Å². The molecule has 0 radical (unpaired) electrons. The molecule has 0 aromatic heterocycles. The van der Waals surface area contributed by atoms with Crippen LogP contribution in [0, 0.1) is 5.92 Å². The zero-order valence-corrected chi connectivity index (χ0v) is 18.7. The van der Waals surface area contributed by atoms with Crippen LogP contribution in [0.2, 0.25) is 14.8 Å². The molecule has 0 spiro atoms. The van der Waals surface area contributed by atoms with Gasteiger partial charge in [-0.25, -0.2) is 0 Å². The fourth-order valence-electron chi connectivity index (χ4n) is 4.79. The summed E-state index contributed by atoms with van der Waals surface area (Å²) in [5, 5.41) is 0. The molecule has 2 saturated heterocycles. The Hall–Kier alpha value is -0.621. The van der Waals surface area contributed by atoms with Gasteiger partial charge in [-0.15, -0.1) is 0 Å². The van der Waals surface area contributed by atoms with Gasteiger partial charge in [-0.05, 0) is 0 Å². The number of benzene rings is 1. The molecule has 2 heterocycles. The molecule has 1 aromatic carbocycles. The van der Waals surface area contributed by atoms with Crippen molar-refractivity contribution in [3.63, 3.8) is 0 Å². The van der Waals surface area contributed by atoms with Crippen LogP contribution in [0.4, 0.5) is 4.39 Å². The molecule has 3 rings (SSSR count). The Labute approximate surface area is 154 Å². The normalized spacial score (nSPS) is 29.6. The van der Waals surface area contributed by atoms with Crippen LogP contribution in [0.15, 0.2) is 24.3 Å². The van der Waals surface area contributed by atoms with Crippen molar-refractivity contribution in [1.82, 2.24) is 4.90 Å². The van der Waals surface area contributed by atoms with E-state index in [9.17, 15) is 9.18 Å². The molecule has 2 bridgehead atoms. The van der Waals surface area contributed by atoms with Gasteiger partial charge in [0.2, 0.25) is 0 Å². The van der Waals surface area contributed by atoms with E-state index >= 15 is 0 Å². The number of ether oxygens (including phenoxy) is 1.